The zero-order valence-electron chi connectivity index (χ0n) is 5.78. The van der Waals surface area contributed by atoms with Crippen LogP contribution in [0.5, 0.6) is 0 Å². The summed E-state index contributed by atoms with van der Waals surface area (Å²) < 4.78 is 0. The summed E-state index contributed by atoms with van der Waals surface area (Å²) >= 11 is 0. The van der Waals surface area contributed by atoms with Crippen molar-refractivity contribution in [3.63, 3.8) is 0 Å². The molecule has 2 heteroatoms. The molecule has 0 heterocycles. The minimum atomic E-state index is 0.753. The van der Waals surface area contributed by atoms with Crippen LogP contribution in [0.25, 0.3) is 0 Å². The fraction of sp³-hybridized carbons (Fsp3) is 0.714. The number of aliphatic imine (C=N–C) groups is 1. The average molecular weight is 124 g/mol. The molecule has 0 saturated heterocycles. The molecule has 1 fully saturated rings. The topological polar surface area (TPSA) is 36.2 Å². The lowest BCUT2D eigenvalue weighted by atomic mass is 9.96. The minimum Gasteiger partial charge on any atom is -0.303 e. The number of nitrogens with zero attached hydrogens (tertiary/aromatic N) is 1. The second-order valence-electron chi connectivity index (χ2n) is 2.36. The van der Waals surface area contributed by atoms with Crippen molar-refractivity contribution in [3.8, 4) is 0 Å². The van der Waals surface area contributed by atoms with Gasteiger partial charge in [0.05, 0.1) is 11.4 Å². The number of nitrogens with one attached hydrogen (secondary N) is 1. The molecule has 0 aromatic carbocycles. The molecule has 1 aliphatic carbocycles. The maximum atomic E-state index is 7.42. The molecule has 0 aromatic rings. The van der Waals surface area contributed by atoms with Gasteiger partial charge in [-0.15, -0.1) is 0 Å². The maximum Gasteiger partial charge on any atom is 0.0552 e. The van der Waals surface area contributed by atoms with Gasteiger partial charge in [0.2, 0.25) is 0 Å². The Morgan fingerprint density at radius 1 is 1.33 bits per heavy atom. The predicted molar refractivity (Wildman–Crippen MR) is 39.6 cm³/mol. The van der Waals surface area contributed by atoms with Gasteiger partial charge in [0.15, 0.2) is 0 Å². The molecule has 0 bridgehead atoms. The van der Waals surface area contributed by atoms with Gasteiger partial charge in [-0.1, -0.05) is 0 Å². The monoisotopic (exact) mass is 124 g/mol. The summed E-state index contributed by atoms with van der Waals surface area (Å²) in [4.78, 5) is 4.02. The standard InChI is InChI=1S/C7H12N2/c1-9-7-5-3-2-4-6(7)8/h8H,2-5H2,1H3. The highest BCUT2D eigenvalue weighted by Gasteiger charge is 2.10. The molecule has 2 nitrogen and oxygen atoms in total. The van der Waals surface area contributed by atoms with Crippen LogP contribution in [0.2, 0.25) is 0 Å². The number of hydrogen-bond donors (Lipinski definition) is 1. The normalized spacial score (nSPS) is 25.0. The highest BCUT2D eigenvalue weighted by molar-refractivity contribution is 6.41. The molecule has 9 heavy (non-hydrogen) atoms. The van der Waals surface area contributed by atoms with E-state index in [2.05, 4.69) is 4.99 Å². The van der Waals surface area contributed by atoms with E-state index in [1.807, 2.05) is 0 Å². The second-order valence-corrected chi connectivity index (χ2v) is 2.36. The lowest BCUT2D eigenvalue weighted by molar-refractivity contribution is 0.773. The zero-order valence-corrected chi connectivity index (χ0v) is 5.78. The molecule has 0 spiro atoms. The Bertz CT molecular complexity index is 147. The van der Waals surface area contributed by atoms with Crippen molar-refractivity contribution in [2.24, 2.45) is 4.99 Å². The smallest absolute Gasteiger partial charge is 0.0552 e. The molecule has 1 saturated carbocycles. The van der Waals surface area contributed by atoms with E-state index in [0.717, 1.165) is 24.3 Å². The summed E-state index contributed by atoms with van der Waals surface area (Å²) in [6, 6.07) is 0. The largest absolute Gasteiger partial charge is 0.303 e. The molecule has 0 aromatic heterocycles. The van der Waals surface area contributed by atoms with E-state index in [0.29, 0.717) is 0 Å². The van der Waals surface area contributed by atoms with Gasteiger partial charge in [0, 0.05) is 7.05 Å². The Balaban J connectivity index is 2.60. The SMILES string of the molecule is CN=C1CCCCC1=N. The molecular weight excluding hydrogens is 112 g/mol. The first-order valence-electron chi connectivity index (χ1n) is 3.38. The Labute approximate surface area is 55.5 Å². The highest BCUT2D eigenvalue weighted by atomic mass is 14.7. The summed E-state index contributed by atoms with van der Waals surface area (Å²) in [6.07, 6.45) is 4.36. The van der Waals surface area contributed by atoms with E-state index in [4.69, 9.17) is 5.41 Å². The average Bonchev–Trinajstić information content (AvgIpc) is 1.89. The molecule has 0 radical (unpaired) electrons. The van der Waals surface area contributed by atoms with Crippen LogP contribution < -0.4 is 0 Å². The lowest BCUT2D eigenvalue weighted by Crippen LogP contribution is -2.17. The quantitative estimate of drug-likeness (QED) is 0.509. The van der Waals surface area contributed by atoms with E-state index in [-0.39, 0.29) is 0 Å². The molecule has 0 unspecified atom stereocenters. The first-order valence-corrected chi connectivity index (χ1v) is 3.38. The number of hydrogen-bond acceptors (Lipinski definition) is 2. The van der Waals surface area contributed by atoms with Crippen LogP contribution in [-0.4, -0.2) is 18.5 Å². The van der Waals surface area contributed by atoms with Gasteiger partial charge in [-0.25, -0.2) is 0 Å². The van der Waals surface area contributed by atoms with Crippen LogP contribution in [-0.2, 0) is 0 Å². The number of rotatable bonds is 0. The summed E-state index contributed by atoms with van der Waals surface area (Å²) in [7, 11) is 1.77. The summed E-state index contributed by atoms with van der Waals surface area (Å²) in [5.41, 5.74) is 1.77. The minimum absolute atomic E-state index is 0.753. The van der Waals surface area contributed by atoms with Crippen molar-refractivity contribution < 1.29 is 0 Å². The fourth-order valence-corrected chi connectivity index (χ4v) is 1.14. The van der Waals surface area contributed by atoms with Crippen LogP contribution in [0.3, 0.4) is 0 Å². The summed E-state index contributed by atoms with van der Waals surface area (Å²) in [5, 5.41) is 7.42. The molecule has 1 aliphatic rings. The van der Waals surface area contributed by atoms with Gasteiger partial charge in [-0.05, 0) is 25.7 Å². The lowest BCUT2D eigenvalue weighted by Gasteiger charge is -2.12. The van der Waals surface area contributed by atoms with E-state index in [1.54, 1.807) is 7.05 Å². The van der Waals surface area contributed by atoms with Gasteiger partial charge in [0.1, 0.15) is 0 Å². The molecule has 1 rings (SSSR count). The Hall–Kier alpha value is -0.660. The summed E-state index contributed by atoms with van der Waals surface area (Å²) in [6.45, 7) is 0. The maximum absolute atomic E-state index is 7.42. The third-order valence-electron chi connectivity index (χ3n) is 1.71. The van der Waals surface area contributed by atoms with Crippen molar-refractivity contribution in [2.75, 3.05) is 7.05 Å². The van der Waals surface area contributed by atoms with Gasteiger partial charge >= 0.3 is 0 Å². The van der Waals surface area contributed by atoms with Crippen LogP contribution in [0.15, 0.2) is 4.99 Å². The van der Waals surface area contributed by atoms with Crippen LogP contribution in [0.1, 0.15) is 25.7 Å². The van der Waals surface area contributed by atoms with Gasteiger partial charge in [0.25, 0.3) is 0 Å². The highest BCUT2D eigenvalue weighted by Crippen LogP contribution is 2.11. The molecule has 1 N–H and O–H groups in total. The summed E-state index contributed by atoms with van der Waals surface area (Å²) in [5.74, 6) is 0. The van der Waals surface area contributed by atoms with Gasteiger partial charge < -0.3 is 5.41 Å². The Morgan fingerprint density at radius 2 is 2.00 bits per heavy atom. The van der Waals surface area contributed by atoms with E-state index in [9.17, 15) is 0 Å². The molecule has 0 aliphatic heterocycles. The third kappa shape index (κ3) is 1.37. The van der Waals surface area contributed by atoms with E-state index < -0.39 is 0 Å². The van der Waals surface area contributed by atoms with E-state index in [1.165, 1.54) is 12.8 Å². The molecule has 0 amide bonds. The van der Waals surface area contributed by atoms with Crippen LogP contribution in [0.4, 0.5) is 0 Å². The predicted octanol–water partition coefficient (Wildman–Crippen LogP) is 1.65. The first-order chi connectivity index (χ1) is 4.34. The zero-order chi connectivity index (χ0) is 6.69. The Morgan fingerprint density at radius 3 is 2.44 bits per heavy atom. The Kier molecular flexibility index (Phi) is 1.98. The first kappa shape index (κ1) is 6.46. The van der Waals surface area contributed by atoms with Crippen molar-refractivity contribution in [1.29, 1.82) is 5.41 Å². The van der Waals surface area contributed by atoms with Gasteiger partial charge in [-0.3, -0.25) is 4.99 Å². The fourth-order valence-electron chi connectivity index (χ4n) is 1.14. The van der Waals surface area contributed by atoms with E-state index >= 15 is 0 Å². The molecule has 50 valence electrons. The van der Waals surface area contributed by atoms with Gasteiger partial charge in [-0.2, -0.15) is 0 Å². The van der Waals surface area contributed by atoms with Crippen molar-refractivity contribution in [1.82, 2.24) is 0 Å². The van der Waals surface area contributed by atoms with Crippen LogP contribution >= 0.6 is 0 Å². The van der Waals surface area contributed by atoms with Crippen molar-refractivity contribution in [2.45, 2.75) is 25.7 Å². The van der Waals surface area contributed by atoms with Crippen molar-refractivity contribution in [3.05, 3.63) is 0 Å². The third-order valence-corrected chi connectivity index (χ3v) is 1.71. The molecule has 0 atom stereocenters. The van der Waals surface area contributed by atoms with Crippen LogP contribution in [0, 0.1) is 5.41 Å². The second kappa shape index (κ2) is 2.76. The van der Waals surface area contributed by atoms with Crippen molar-refractivity contribution >= 4 is 11.4 Å². The molecular formula is C7H12N2.